The van der Waals surface area contributed by atoms with Gasteiger partial charge in [0.2, 0.25) is 0 Å². The zero-order valence-corrected chi connectivity index (χ0v) is 12.1. The molecule has 2 N–H and O–H groups in total. The first-order valence-electron chi connectivity index (χ1n) is 5.71. The van der Waals surface area contributed by atoms with Gasteiger partial charge in [0.15, 0.2) is 9.84 Å². The fourth-order valence-electron chi connectivity index (χ4n) is 1.80. The summed E-state index contributed by atoms with van der Waals surface area (Å²) < 4.78 is 30.1. The van der Waals surface area contributed by atoms with Gasteiger partial charge in [-0.15, -0.1) is 11.3 Å². The minimum atomic E-state index is -3.47. The Kier molecular flexibility index (Phi) is 4.24. The van der Waals surface area contributed by atoms with Gasteiger partial charge in [0, 0.05) is 11.4 Å². The molecule has 6 heteroatoms. The van der Waals surface area contributed by atoms with E-state index in [2.05, 4.69) is 0 Å². The maximum absolute atomic E-state index is 12.5. The van der Waals surface area contributed by atoms with E-state index in [1.807, 2.05) is 11.4 Å². The molecule has 1 atom stereocenters. The van der Waals surface area contributed by atoms with E-state index >= 15 is 0 Å². The number of sulfone groups is 1. The Hall–Kier alpha value is -1.37. The van der Waals surface area contributed by atoms with Gasteiger partial charge in [0.1, 0.15) is 11.0 Å². The van der Waals surface area contributed by atoms with Gasteiger partial charge < -0.3 is 10.5 Å². The summed E-state index contributed by atoms with van der Waals surface area (Å²) >= 11 is 1.40. The van der Waals surface area contributed by atoms with E-state index in [1.54, 1.807) is 30.3 Å². The second-order valence-electron chi connectivity index (χ2n) is 3.96. The van der Waals surface area contributed by atoms with E-state index in [0.717, 1.165) is 4.88 Å². The van der Waals surface area contributed by atoms with Crippen LogP contribution in [-0.4, -0.2) is 22.1 Å². The predicted molar refractivity (Wildman–Crippen MR) is 76.3 cm³/mol. The first kappa shape index (κ1) is 14.0. The summed E-state index contributed by atoms with van der Waals surface area (Å²) in [5.74, 6) is 0.624. The van der Waals surface area contributed by atoms with Crippen molar-refractivity contribution in [3.8, 4) is 5.75 Å². The molecule has 0 bridgehead atoms. The molecule has 1 aromatic carbocycles. The van der Waals surface area contributed by atoms with Crippen LogP contribution in [0.4, 0.5) is 0 Å². The van der Waals surface area contributed by atoms with Gasteiger partial charge in [-0.25, -0.2) is 8.42 Å². The van der Waals surface area contributed by atoms with Gasteiger partial charge in [-0.2, -0.15) is 0 Å². The highest BCUT2D eigenvalue weighted by Gasteiger charge is 2.28. The van der Waals surface area contributed by atoms with Crippen molar-refractivity contribution in [2.75, 3.05) is 13.7 Å². The molecule has 4 nitrogen and oxygen atoms in total. The number of hydrogen-bond acceptors (Lipinski definition) is 5. The molecule has 0 fully saturated rings. The molecule has 0 radical (unpaired) electrons. The number of rotatable bonds is 5. The molecule has 19 heavy (non-hydrogen) atoms. The van der Waals surface area contributed by atoms with Crippen LogP contribution in [0.2, 0.25) is 0 Å². The Morgan fingerprint density at radius 2 is 1.95 bits per heavy atom. The molecule has 1 aromatic heterocycles. The van der Waals surface area contributed by atoms with Crippen molar-refractivity contribution in [3.05, 3.63) is 46.7 Å². The van der Waals surface area contributed by atoms with Gasteiger partial charge in [-0.05, 0) is 35.7 Å². The average molecular weight is 297 g/mol. The highest BCUT2D eigenvalue weighted by molar-refractivity contribution is 7.91. The molecule has 0 spiro atoms. The fraction of sp³-hybridized carbons (Fsp3) is 0.231. The Balaban J connectivity index is 2.39. The van der Waals surface area contributed by atoms with E-state index in [-0.39, 0.29) is 11.4 Å². The van der Waals surface area contributed by atoms with Gasteiger partial charge >= 0.3 is 0 Å². The van der Waals surface area contributed by atoms with Crippen molar-refractivity contribution >= 4 is 21.2 Å². The lowest BCUT2D eigenvalue weighted by atomic mass is 10.3. The smallest absolute Gasteiger partial charge is 0.187 e. The maximum Gasteiger partial charge on any atom is 0.187 e. The van der Waals surface area contributed by atoms with Crippen LogP contribution in [0.25, 0.3) is 0 Å². The largest absolute Gasteiger partial charge is 0.497 e. The Labute approximate surface area is 116 Å². The summed E-state index contributed by atoms with van der Waals surface area (Å²) in [6.45, 7) is 0.0644. The van der Waals surface area contributed by atoms with Crippen LogP contribution in [0, 0.1) is 0 Å². The molecule has 0 saturated carbocycles. The minimum Gasteiger partial charge on any atom is -0.497 e. The summed E-state index contributed by atoms with van der Waals surface area (Å²) in [5, 5.41) is 1.16. The predicted octanol–water partition coefficient (Wildman–Crippen LogP) is 2.23. The van der Waals surface area contributed by atoms with Crippen LogP contribution in [0.3, 0.4) is 0 Å². The number of benzene rings is 1. The molecule has 0 saturated heterocycles. The summed E-state index contributed by atoms with van der Waals surface area (Å²) in [4.78, 5) is 1.02. The third-order valence-corrected chi connectivity index (χ3v) is 6.10. The lowest BCUT2D eigenvalue weighted by Crippen LogP contribution is -2.21. The molecule has 1 heterocycles. The molecular formula is C13H15NO3S2. The summed E-state index contributed by atoms with van der Waals surface area (Å²) in [5.41, 5.74) is 5.65. The molecule has 0 aliphatic heterocycles. The lowest BCUT2D eigenvalue weighted by molar-refractivity contribution is 0.414. The lowest BCUT2D eigenvalue weighted by Gasteiger charge is -2.14. The highest BCUT2D eigenvalue weighted by Crippen LogP contribution is 2.31. The molecular weight excluding hydrogens is 282 g/mol. The zero-order valence-electron chi connectivity index (χ0n) is 10.4. The topological polar surface area (TPSA) is 69.4 Å². The minimum absolute atomic E-state index is 0.0644. The number of ether oxygens (including phenoxy) is 1. The molecule has 0 amide bonds. The van der Waals surface area contributed by atoms with E-state index in [9.17, 15) is 8.42 Å². The fourth-order valence-corrected chi connectivity index (χ4v) is 4.55. The Bertz CT molecular complexity index is 618. The van der Waals surface area contributed by atoms with Crippen LogP contribution < -0.4 is 10.5 Å². The first-order valence-corrected chi connectivity index (χ1v) is 8.13. The number of nitrogens with two attached hydrogens (primary N) is 1. The summed E-state index contributed by atoms with van der Waals surface area (Å²) in [6, 6.07) is 9.98. The number of methoxy groups -OCH3 is 1. The van der Waals surface area contributed by atoms with Crippen molar-refractivity contribution in [1.82, 2.24) is 0 Å². The van der Waals surface area contributed by atoms with Crippen molar-refractivity contribution in [2.45, 2.75) is 10.1 Å². The summed E-state index contributed by atoms with van der Waals surface area (Å²) in [7, 11) is -1.93. The third-order valence-electron chi connectivity index (χ3n) is 2.84. The van der Waals surface area contributed by atoms with Crippen molar-refractivity contribution in [1.29, 1.82) is 0 Å². The van der Waals surface area contributed by atoms with Crippen LogP contribution in [-0.2, 0) is 9.84 Å². The third kappa shape index (κ3) is 2.80. The second kappa shape index (κ2) is 5.73. The first-order chi connectivity index (χ1) is 9.09. The van der Waals surface area contributed by atoms with E-state index in [0.29, 0.717) is 5.75 Å². The molecule has 0 unspecified atom stereocenters. The average Bonchev–Trinajstić information content (AvgIpc) is 2.93. The quantitative estimate of drug-likeness (QED) is 0.919. The second-order valence-corrected chi connectivity index (χ2v) is 7.07. The monoisotopic (exact) mass is 297 g/mol. The van der Waals surface area contributed by atoms with Gasteiger partial charge in [-0.1, -0.05) is 6.07 Å². The van der Waals surface area contributed by atoms with Crippen LogP contribution >= 0.6 is 11.3 Å². The maximum atomic E-state index is 12.5. The van der Waals surface area contributed by atoms with Crippen LogP contribution in [0.5, 0.6) is 5.75 Å². The standard InChI is InChI=1S/C13H15NO3S2/c1-17-10-4-6-11(7-5-10)19(15,16)13(9-14)12-3-2-8-18-12/h2-8,13H,9,14H2,1H3/t13-/m1/s1. The van der Waals surface area contributed by atoms with Crippen LogP contribution in [0.15, 0.2) is 46.7 Å². The molecule has 2 aromatic rings. The van der Waals surface area contributed by atoms with Gasteiger partial charge in [0.05, 0.1) is 12.0 Å². The van der Waals surface area contributed by atoms with E-state index in [1.165, 1.54) is 18.4 Å². The Morgan fingerprint density at radius 1 is 1.26 bits per heavy atom. The van der Waals surface area contributed by atoms with Gasteiger partial charge in [0.25, 0.3) is 0 Å². The summed E-state index contributed by atoms with van der Waals surface area (Å²) in [6.07, 6.45) is 0. The number of thiophene rings is 1. The number of hydrogen-bond donors (Lipinski definition) is 1. The molecule has 0 aliphatic carbocycles. The van der Waals surface area contributed by atoms with E-state index < -0.39 is 15.1 Å². The zero-order chi connectivity index (χ0) is 13.9. The van der Waals surface area contributed by atoms with Crippen molar-refractivity contribution < 1.29 is 13.2 Å². The molecule has 2 rings (SSSR count). The SMILES string of the molecule is COc1ccc(S(=O)(=O)[C@H](CN)c2cccs2)cc1. The van der Waals surface area contributed by atoms with E-state index in [4.69, 9.17) is 10.5 Å². The van der Waals surface area contributed by atoms with Crippen molar-refractivity contribution in [3.63, 3.8) is 0 Å². The Morgan fingerprint density at radius 3 is 2.42 bits per heavy atom. The molecule has 102 valence electrons. The van der Waals surface area contributed by atoms with Crippen LogP contribution in [0.1, 0.15) is 10.1 Å². The normalized spacial score (nSPS) is 13.2. The highest BCUT2D eigenvalue weighted by atomic mass is 32.2. The van der Waals surface area contributed by atoms with Gasteiger partial charge in [-0.3, -0.25) is 0 Å². The van der Waals surface area contributed by atoms with Crippen molar-refractivity contribution in [2.24, 2.45) is 5.73 Å². The molecule has 0 aliphatic rings.